The number of hydrogen-bond acceptors (Lipinski definition) is 4. The molecule has 2 N–H and O–H groups in total. The van der Waals surface area contributed by atoms with Gasteiger partial charge in [0.1, 0.15) is 5.82 Å². The van der Waals surface area contributed by atoms with Crippen LogP contribution in [0, 0.1) is 5.92 Å². The number of aromatic amines is 1. The molecule has 3 aromatic rings. The summed E-state index contributed by atoms with van der Waals surface area (Å²) in [5.41, 5.74) is 4.84. The number of fused-ring (bicyclic) bond motifs is 1. The van der Waals surface area contributed by atoms with Crippen LogP contribution in [0.25, 0.3) is 22.4 Å². The Morgan fingerprint density at radius 2 is 1.71 bits per heavy atom. The maximum absolute atomic E-state index is 6.63. The minimum Gasteiger partial charge on any atom is -0.372 e. The highest BCUT2D eigenvalue weighted by molar-refractivity contribution is 6.33. The van der Waals surface area contributed by atoms with Gasteiger partial charge >= 0.3 is 0 Å². The highest BCUT2D eigenvalue weighted by Gasteiger charge is 2.16. The maximum atomic E-state index is 6.63. The minimum absolute atomic E-state index is 0.670. The lowest BCUT2D eigenvalue weighted by atomic mass is 9.93. The zero-order valence-electron chi connectivity index (χ0n) is 18.2. The summed E-state index contributed by atoms with van der Waals surface area (Å²) in [6, 6.07) is 10.7. The second kappa shape index (κ2) is 9.58. The number of benzene rings is 1. The summed E-state index contributed by atoms with van der Waals surface area (Å²) in [6.07, 6.45) is 9.94. The molecule has 2 saturated heterocycles. The molecule has 0 radical (unpaired) electrons. The van der Waals surface area contributed by atoms with Crippen LogP contribution >= 0.6 is 11.6 Å². The molecule has 0 atom stereocenters. The van der Waals surface area contributed by atoms with Gasteiger partial charge in [0.05, 0.1) is 16.2 Å². The van der Waals surface area contributed by atoms with Crippen molar-refractivity contribution in [3.63, 3.8) is 0 Å². The molecule has 2 aliphatic rings. The number of anilines is 1. The molecule has 0 unspecified atom stereocenters. The van der Waals surface area contributed by atoms with E-state index in [0.717, 1.165) is 66.8 Å². The highest BCUT2D eigenvalue weighted by atomic mass is 35.5. The maximum Gasteiger partial charge on any atom is 0.178 e. The Balaban J connectivity index is 1.32. The molecule has 5 rings (SSSR count). The summed E-state index contributed by atoms with van der Waals surface area (Å²) < 4.78 is 0. The number of halogens is 1. The van der Waals surface area contributed by atoms with E-state index >= 15 is 0 Å². The van der Waals surface area contributed by atoms with Crippen LogP contribution in [0.15, 0.2) is 30.3 Å². The van der Waals surface area contributed by atoms with Crippen LogP contribution in [0.1, 0.15) is 50.8 Å². The Labute approximate surface area is 189 Å². The molecule has 1 aromatic carbocycles. The number of nitrogens with one attached hydrogen (secondary N) is 2. The third-order valence-corrected chi connectivity index (χ3v) is 7.12. The number of H-pyrrole nitrogens is 1. The SMILES string of the molecule is Clc1cc2[nH]c(CCC3CCNCC3)nc2nc1-c1ccc(N2CCCCCC2)cc1. The van der Waals surface area contributed by atoms with Crippen LogP contribution in [0.2, 0.25) is 5.02 Å². The molecule has 6 heteroatoms. The fourth-order valence-corrected chi connectivity index (χ4v) is 5.22. The number of aromatic nitrogens is 3. The molecule has 0 spiro atoms. The van der Waals surface area contributed by atoms with Crippen molar-refractivity contribution in [1.29, 1.82) is 0 Å². The van der Waals surface area contributed by atoms with Gasteiger partial charge < -0.3 is 15.2 Å². The van der Waals surface area contributed by atoms with E-state index in [1.54, 1.807) is 0 Å². The number of imidazole rings is 1. The Kier molecular flexibility index (Phi) is 6.42. The number of nitrogens with zero attached hydrogens (tertiary/aromatic N) is 3. The molecule has 0 saturated carbocycles. The lowest BCUT2D eigenvalue weighted by Crippen LogP contribution is -2.27. The first kappa shape index (κ1) is 20.8. The van der Waals surface area contributed by atoms with Gasteiger partial charge in [-0.2, -0.15) is 0 Å². The van der Waals surface area contributed by atoms with Gasteiger partial charge in [0.2, 0.25) is 0 Å². The van der Waals surface area contributed by atoms with E-state index < -0.39 is 0 Å². The first-order valence-corrected chi connectivity index (χ1v) is 12.3. The summed E-state index contributed by atoms with van der Waals surface area (Å²) in [6.45, 7) is 4.58. The Morgan fingerprint density at radius 3 is 2.45 bits per heavy atom. The molecule has 0 amide bonds. The van der Waals surface area contributed by atoms with Crippen molar-refractivity contribution in [1.82, 2.24) is 20.3 Å². The van der Waals surface area contributed by atoms with E-state index in [4.69, 9.17) is 21.6 Å². The minimum atomic E-state index is 0.670. The zero-order valence-corrected chi connectivity index (χ0v) is 18.9. The van der Waals surface area contributed by atoms with Gasteiger partial charge in [-0.05, 0) is 69.3 Å². The summed E-state index contributed by atoms with van der Waals surface area (Å²) in [4.78, 5) is 15.5. The summed E-state index contributed by atoms with van der Waals surface area (Å²) >= 11 is 6.63. The number of aryl methyl sites for hydroxylation is 1. The van der Waals surface area contributed by atoms with Crippen molar-refractivity contribution in [2.24, 2.45) is 5.92 Å². The van der Waals surface area contributed by atoms with Crippen molar-refractivity contribution in [2.75, 3.05) is 31.1 Å². The smallest absolute Gasteiger partial charge is 0.178 e. The van der Waals surface area contributed by atoms with Gasteiger partial charge in [-0.15, -0.1) is 0 Å². The largest absolute Gasteiger partial charge is 0.372 e. The van der Waals surface area contributed by atoms with E-state index in [-0.39, 0.29) is 0 Å². The predicted molar refractivity (Wildman–Crippen MR) is 129 cm³/mol. The Bertz CT molecular complexity index is 999. The lowest BCUT2D eigenvalue weighted by molar-refractivity contribution is 0.352. The van der Waals surface area contributed by atoms with Crippen molar-refractivity contribution in [3.05, 3.63) is 41.2 Å². The summed E-state index contributed by atoms with van der Waals surface area (Å²) in [7, 11) is 0. The monoisotopic (exact) mass is 437 g/mol. The van der Waals surface area contributed by atoms with Gasteiger partial charge in [-0.3, -0.25) is 0 Å². The highest BCUT2D eigenvalue weighted by Crippen LogP contribution is 2.31. The molecule has 4 heterocycles. The van der Waals surface area contributed by atoms with Gasteiger partial charge in [0.15, 0.2) is 5.65 Å². The number of hydrogen-bond donors (Lipinski definition) is 2. The first-order valence-electron chi connectivity index (χ1n) is 11.9. The Morgan fingerprint density at radius 1 is 0.968 bits per heavy atom. The quantitative estimate of drug-likeness (QED) is 0.546. The van der Waals surface area contributed by atoms with Crippen LogP contribution in [0.3, 0.4) is 0 Å². The number of rotatable bonds is 5. The molecule has 0 aliphatic carbocycles. The fourth-order valence-electron chi connectivity index (χ4n) is 4.96. The molecule has 5 nitrogen and oxygen atoms in total. The average Bonchev–Trinajstić information content (AvgIpc) is 3.00. The second-order valence-electron chi connectivity index (χ2n) is 9.05. The van der Waals surface area contributed by atoms with E-state index in [1.165, 1.54) is 50.6 Å². The van der Waals surface area contributed by atoms with Crippen LogP contribution in [0.4, 0.5) is 5.69 Å². The second-order valence-corrected chi connectivity index (χ2v) is 9.46. The van der Waals surface area contributed by atoms with Gasteiger partial charge in [-0.25, -0.2) is 9.97 Å². The van der Waals surface area contributed by atoms with E-state index in [2.05, 4.69) is 39.5 Å². The molecule has 2 aromatic heterocycles. The van der Waals surface area contributed by atoms with Crippen molar-refractivity contribution >= 4 is 28.5 Å². The molecular formula is C25H32ClN5. The summed E-state index contributed by atoms with van der Waals surface area (Å²) in [5, 5.41) is 4.11. The molecule has 31 heavy (non-hydrogen) atoms. The van der Waals surface area contributed by atoms with Crippen molar-refractivity contribution < 1.29 is 0 Å². The zero-order chi connectivity index (χ0) is 21.0. The Hall–Kier alpha value is -2.11. The molecular weight excluding hydrogens is 406 g/mol. The fraction of sp³-hybridized carbons (Fsp3) is 0.520. The molecule has 0 bridgehead atoms. The standard InChI is InChI=1S/C25H32ClN5/c26-21-17-22-25(29-23(28-22)10-5-18-11-13-27-14-12-18)30-24(21)19-6-8-20(9-7-19)31-15-3-1-2-4-16-31/h6-9,17-18,27H,1-5,10-16H2,(H,28,29,30). The predicted octanol–water partition coefficient (Wildman–Crippen LogP) is 5.59. The normalized spacial score (nSPS) is 18.4. The van der Waals surface area contributed by atoms with Crippen molar-refractivity contribution in [2.45, 2.75) is 51.4 Å². The van der Waals surface area contributed by atoms with E-state index in [9.17, 15) is 0 Å². The van der Waals surface area contributed by atoms with Crippen LogP contribution in [-0.4, -0.2) is 41.1 Å². The molecule has 164 valence electrons. The average molecular weight is 438 g/mol. The van der Waals surface area contributed by atoms with Crippen LogP contribution < -0.4 is 10.2 Å². The van der Waals surface area contributed by atoms with Gasteiger partial charge in [0, 0.05) is 30.8 Å². The number of piperidine rings is 1. The topological polar surface area (TPSA) is 56.8 Å². The third-order valence-electron chi connectivity index (χ3n) is 6.84. The lowest BCUT2D eigenvalue weighted by Gasteiger charge is -2.22. The van der Waals surface area contributed by atoms with Gasteiger partial charge in [-0.1, -0.05) is 36.6 Å². The first-order chi connectivity index (χ1) is 15.3. The third kappa shape index (κ3) is 4.88. The van der Waals surface area contributed by atoms with Crippen molar-refractivity contribution in [3.8, 4) is 11.3 Å². The van der Waals surface area contributed by atoms with Crippen LogP contribution in [0.5, 0.6) is 0 Å². The summed E-state index contributed by atoms with van der Waals surface area (Å²) in [5.74, 6) is 1.81. The van der Waals surface area contributed by atoms with E-state index in [1.807, 2.05) is 6.07 Å². The molecule has 2 aliphatic heterocycles. The molecule has 2 fully saturated rings. The van der Waals surface area contributed by atoms with E-state index in [0.29, 0.717) is 5.02 Å². The van der Waals surface area contributed by atoms with Crippen LogP contribution in [-0.2, 0) is 6.42 Å². The van der Waals surface area contributed by atoms with Gasteiger partial charge in [0.25, 0.3) is 0 Å². The number of pyridine rings is 1.